The summed E-state index contributed by atoms with van der Waals surface area (Å²) in [4.78, 5) is 23.6. The number of halogens is 2. The number of nitrogens with one attached hydrogen (secondary N) is 1. The molecule has 29 heavy (non-hydrogen) atoms. The van der Waals surface area contributed by atoms with Gasteiger partial charge in [0.25, 0.3) is 0 Å². The molecule has 1 aromatic heterocycles. The predicted molar refractivity (Wildman–Crippen MR) is 115 cm³/mol. The number of piperidine rings is 1. The molecule has 0 unspecified atom stereocenters. The third-order valence-corrected chi connectivity index (χ3v) is 5.51. The van der Waals surface area contributed by atoms with Crippen LogP contribution < -0.4 is 10.2 Å². The van der Waals surface area contributed by atoms with Crippen LogP contribution in [0.4, 0.5) is 16.0 Å². The van der Waals surface area contributed by atoms with Crippen molar-refractivity contribution in [2.24, 2.45) is 5.92 Å². The van der Waals surface area contributed by atoms with Crippen molar-refractivity contribution in [2.45, 2.75) is 12.8 Å². The van der Waals surface area contributed by atoms with Gasteiger partial charge in [0.1, 0.15) is 5.82 Å². The number of aromatic nitrogens is 2. The van der Waals surface area contributed by atoms with Crippen molar-refractivity contribution in [1.29, 1.82) is 0 Å². The average Bonchev–Trinajstić information content (AvgIpc) is 2.75. The smallest absolute Gasteiger partial charge is 0.229 e. The minimum Gasteiger partial charge on any atom is -0.340 e. The summed E-state index contributed by atoms with van der Waals surface area (Å²) in [5.74, 6) is 0.181. The van der Waals surface area contributed by atoms with Gasteiger partial charge in [-0.05, 0) is 54.8 Å². The zero-order valence-corrected chi connectivity index (χ0v) is 17.3. The monoisotopic (exact) mass is 454 g/mol. The largest absolute Gasteiger partial charge is 0.340 e. The fraction of sp³-hybridized carbons (Fsp3) is 0.227. The number of carbonyl (C=O) groups is 1. The van der Waals surface area contributed by atoms with E-state index in [4.69, 9.17) is 0 Å². The maximum Gasteiger partial charge on any atom is 0.229 e. The van der Waals surface area contributed by atoms with Crippen LogP contribution in [-0.4, -0.2) is 29.0 Å². The molecule has 0 bridgehead atoms. The van der Waals surface area contributed by atoms with E-state index in [1.165, 1.54) is 12.1 Å². The molecule has 1 fully saturated rings. The van der Waals surface area contributed by atoms with Crippen molar-refractivity contribution >= 4 is 33.5 Å². The second-order valence-electron chi connectivity index (χ2n) is 7.06. The van der Waals surface area contributed by atoms with Crippen LogP contribution in [0, 0.1) is 11.7 Å². The number of carbonyl (C=O) groups excluding carboxylic acids is 1. The molecule has 1 amide bonds. The first-order valence-corrected chi connectivity index (χ1v) is 10.3. The van der Waals surface area contributed by atoms with Gasteiger partial charge in [0, 0.05) is 41.2 Å². The topological polar surface area (TPSA) is 58.1 Å². The fourth-order valence-electron chi connectivity index (χ4n) is 3.45. The number of benzene rings is 2. The van der Waals surface area contributed by atoms with Crippen molar-refractivity contribution in [3.05, 3.63) is 71.2 Å². The minimum absolute atomic E-state index is 0.00778. The molecule has 1 N–H and O–H groups in total. The highest BCUT2D eigenvalue weighted by Crippen LogP contribution is 2.24. The van der Waals surface area contributed by atoms with Gasteiger partial charge < -0.3 is 10.2 Å². The zero-order valence-electron chi connectivity index (χ0n) is 15.7. The first-order valence-electron chi connectivity index (χ1n) is 9.48. The van der Waals surface area contributed by atoms with E-state index >= 15 is 0 Å². The van der Waals surface area contributed by atoms with Crippen LogP contribution >= 0.6 is 15.9 Å². The third kappa shape index (κ3) is 4.79. The van der Waals surface area contributed by atoms with E-state index in [0.29, 0.717) is 12.5 Å². The van der Waals surface area contributed by atoms with Crippen LogP contribution in [0.5, 0.6) is 0 Å². The summed E-state index contributed by atoms with van der Waals surface area (Å²) in [5, 5.41) is 2.98. The lowest BCUT2D eigenvalue weighted by Gasteiger charge is -2.32. The highest BCUT2D eigenvalue weighted by molar-refractivity contribution is 9.10. The molecule has 0 saturated carbocycles. The van der Waals surface area contributed by atoms with Crippen LogP contribution in [-0.2, 0) is 4.79 Å². The van der Waals surface area contributed by atoms with Crippen molar-refractivity contribution in [1.82, 2.24) is 9.97 Å². The molecule has 1 saturated heterocycles. The Kier molecular flexibility index (Phi) is 5.85. The Balaban J connectivity index is 1.42. The van der Waals surface area contributed by atoms with Crippen LogP contribution in [0.2, 0.25) is 0 Å². The first kappa shape index (κ1) is 19.5. The molecule has 0 spiro atoms. The molecule has 148 valence electrons. The number of rotatable bonds is 4. The summed E-state index contributed by atoms with van der Waals surface area (Å²) in [6, 6.07) is 13.9. The van der Waals surface area contributed by atoms with E-state index < -0.39 is 0 Å². The standard InChI is InChI=1S/C22H20BrFN4O/c23-18-6-8-20(9-7-18)27-21(29)16-4-2-10-28(14-16)22-25-12-17(13-26-22)15-3-1-5-19(24)11-15/h1,3,5-9,11-13,16H,2,4,10,14H2,(H,27,29)/t16-/m0/s1. The number of anilines is 2. The minimum atomic E-state index is -0.290. The maximum absolute atomic E-state index is 13.4. The number of nitrogens with zero attached hydrogens (tertiary/aromatic N) is 3. The molecule has 3 aromatic rings. The molecule has 0 aliphatic carbocycles. The molecule has 7 heteroatoms. The molecule has 4 rings (SSSR count). The number of amides is 1. The van der Waals surface area contributed by atoms with Crippen LogP contribution in [0.1, 0.15) is 12.8 Å². The van der Waals surface area contributed by atoms with Gasteiger partial charge >= 0.3 is 0 Å². The Labute approximate surface area is 177 Å². The maximum atomic E-state index is 13.4. The quantitative estimate of drug-likeness (QED) is 0.608. The molecule has 1 aliphatic heterocycles. The SMILES string of the molecule is O=C(Nc1ccc(Br)cc1)[C@H]1CCCN(c2ncc(-c3cccc(F)c3)cn2)C1. The lowest BCUT2D eigenvalue weighted by Crippen LogP contribution is -2.41. The van der Waals surface area contributed by atoms with Crippen molar-refractivity contribution in [2.75, 3.05) is 23.3 Å². The Morgan fingerprint density at radius 1 is 1.10 bits per heavy atom. The van der Waals surface area contributed by atoms with Crippen LogP contribution in [0.3, 0.4) is 0 Å². The van der Waals surface area contributed by atoms with E-state index in [-0.39, 0.29) is 17.6 Å². The van der Waals surface area contributed by atoms with E-state index in [9.17, 15) is 9.18 Å². The molecule has 2 heterocycles. The lowest BCUT2D eigenvalue weighted by molar-refractivity contribution is -0.120. The van der Waals surface area contributed by atoms with Crippen molar-refractivity contribution in [3.8, 4) is 11.1 Å². The highest BCUT2D eigenvalue weighted by atomic mass is 79.9. The Morgan fingerprint density at radius 2 is 1.86 bits per heavy atom. The van der Waals surface area contributed by atoms with E-state index in [1.54, 1.807) is 18.5 Å². The van der Waals surface area contributed by atoms with Gasteiger partial charge in [-0.1, -0.05) is 28.1 Å². The Hall–Kier alpha value is -2.80. The predicted octanol–water partition coefficient (Wildman–Crippen LogP) is 4.90. The summed E-state index contributed by atoms with van der Waals surface area (Å²) in [6.45, 7) is 1.38. The van der Waals surface area contributed by atoms with E-state index in [2.05, 4.69) is 31.2 Å². The zero-order chi connectivity index (χ0) is 20.2. The van der Waals surface area contributed by atoms with E-state index in [0.717, 1.165) is 40.7 Å². The molecule has 2 aromatic carbocycles. The molecule has 1 atom stereocenters. The Morgan fingerprint density at radius 3 is 2.59 bits per heavy atom. The van der Waals surface area contributed by atoms with Gasteiger partial charge in [-0.3, -0.25) is 4.79 Å². The first-order chi connectivity index (χ1) is 14.1. The van der Waals surface area contributed by atoms with Gasteiger partial charge in [-0.15, -0.1) is 0 Å². The van der Waals surface area contributed by atoms with Gasteiger partial charge in [-0.2, -0.15) is 0 Å². The molecular formula is C22H20BrFN4O. The highest BCUT2D eigenvalue weighted by Gasteiger charge is 2.27. The molecule has 0 radical (unpaired) electrons. The summed E-state index contributed by atoms with van der Waals surface area (Å²) in [6.07, 6.45) is 5.12. The second kappa shape index (κ2) is 8.69. The van der Waals surface area contributed by atoms with Crippen LogP contribution in [0.15, 0.2) is 65.4 Å². The Bertz CT molecular complexity index is 994. The average molecular weight is 455 g/mol. The normalized spacial score (nSPS) is 16.5. The summed E-state index contributed by atoms with van der Waals surface area (Å²) < 4.78 is 14.4. The van der Waals surface area contributed by atoms with Gasteiger partial charge in [0.15, 0.2) is 0 Å². The van der Waals surface area contributed by atoms with Gasteiger partial charge in [-0.25, -0.2) is 14.4 Å². The number of hydrogen-bond acceptors (Lipinski definition) is 4. The second-order valence-corrected chi connectivity index (χ2v) is 7.98. The van der Waals surface area contributed by atoms with Gasteiger partial charge in [0.05, 0.1) is 5.92 Å². The van der Waals surface area contributed by atoms with Crippen molar-refractivity contribution < 1.29 is 9.18 Å². The third-order valence-electron chi connectivity index (χ3n) is 4.98. The van der Waals surface area contributed by atoms with Gasteiger partial charge in [0.2, 0.25) is 11.9 Å². The molecule has 5 nitrogen and oxygen atoms in total. The molecule has 1 aliphatic rings. The lowest BCUT2D eigenvalue weighted by atomic mass is 9.97. The van der Waals surface area contributed by atoms with E-state index in [1.807, 2.05) is 35.2 Å². The summed E-state index contributed by atoms with van der Waals surface area (Å²) >= 11 is 3.39. The van der Waals surface area contributed by atoms with Crippen molar-refractivity contribution in [3.63, 3.8) is 0 Å². The fourth-order valence-corrected chi connectivity index (χ4v) is 3.72. The number of hydrogen-bond donors (Lipinski definition) is 1. The summed E-state index contributed by atoms with van der Waals surface area (Å²) in [5.41, 5.74) is 2.28. The summed E-state index contributed by atoms with van der Waals surface area (Å²) in [7, 11) is 0. The van der Waals surface area contributed by atoms with Crippen LogP contribution in [0.25, 0.3) is 11.1 Å². The molecular weight excluding hydrogens is 435 g/mol.